The molecule has 0 saturated heterocycles. The van der Waals surface area contributed by atoms with Crippen LogP contribution in [0, 0.1) is 5.92 Å². The number of nitrogens with two attached hydrogens (primary N) is 1. The Morgan fingerprint density at radius 2 is 1.70 bits per heavy atom. The molecular formula is C16H25NO3. The first-order valence-corrected chi connectivity index (χ1v) is 7.36. The molecule has 1 saturated carbocycles. The lowest BCUT2D eigenvalue weighted by Gasteiger charge is -2.18. The van der Waals surface area contributed by atoms with Crippen molar-refractivity contribution in [3.63, 3.8) is 0 Å². The van der Waals surface area contributed by atoms with Crippen LogP contribution >= 0.6 is 0 Å². The Bertz CT molecular complexity index is 403. The average molecular weight is 279 g/mol. The van der Waals surface area contributed by atoms with Crippen LogP contribution in [0.1, 0.15) is 31.2 Å². The predicted octanol–water partition coefficient (Wildman–Crippen LogP) is 2.77. The van der Waals surface area contributed by atoms with E-state index in [2.05, 4.69) is 0 Å². The van der Waals surface area contributed by atoms with Gasteiger partial charge in [-0.1, -0.05) is 12.8 Å². The molecule has 0 radical (unpaired) electrons. The van der Waals surface area contributed by atoms with Gasteiger partial charge >= 0.3 is 0 Å². The quantitative estimate of drug-likeness (QED) is 0.834. The van der Waals surface area contributed by atoms with E-state index in [4.69, 9.17) is 19.9 Å². The van der Waals surface area contributed by atoms with Gasteiger partial charge in [0.2, 0.25) is 5.75 Å². The summed E-state index contributed by atoms with van der Waals surface area (Å²) in [5.74, 6) is 2.83. The summed E-state index contributed by atoms with van der Waals surface area (Å²) < 4.78 is 16.9. The first kappa shape index (κ1) is 15.0. The predicted molar refractivity (Wildman–Crippen MR) is 79.8 cm³/mol. The standard InChI is InChI=1S/C16H25NO3/c1-18-14-9-13(7-8-17)10-15(19-2)16(14)20-11-12-5-3-4-6-12/h9-10,12H,3-8,11,17H2,1-2H3. The Kier molecular flexibility index (Phi) is 5.53. The van der Waals surface area contributed by atoms with Crippen LogP contribution < -0.4 is 19.9 Å². The van der Waals surface area contributed by atoms with Crippen molar-refractivity contribution in [2.45, 2.75) is 32.1 Å². The number of rotatable bonds is 7. The fraction of sp³-hybridized carbons (Fsp3) is 0.625. The molecule has 0 amide bonds. The van der Waals surface area contributed by atoms with Gasteiger partial charge in [0.25, 0.3) is 0 Å². The van der Waals surface area contributed by atoms with Crippen LogP contribution in [0.15, 0.2) is 12.1 Å². The minimum atomic E-state index is 0.606. The minimum Gasteiger partial charge on any atom is -0.493 e. The Morgan fingerprint density at radius 1 is 1.10 bits per heavy atom. The highest BCUT2D eigenvalue weighted by Gasteiger charge is 2.19. The summed E-state index contributed by atoms with van der Waals surface area (Å²) in [7, 11) is 3.31. The maximum Gasteiger partial charge on any atom is 0.203 e. The number of methoxy groups -OCH3 is 2. The second kappa shape index (κ2) is 7.39. The van der Waals surface area contributed by atoms with Gasteiger partial charge < -0.3 is 19.9 Å². The normalized spacial score (nSPS) is 15.3. The summed E-state index contributed by atoms with van der Waals surface area (Å²) in [5, 5.41) is 0. The van der Waals surface area contributed by atoms with E-state index < -0.39 is 0 Å². The van der Waals surface area contributed by atoms with Crippen molar-refractivity contribution in [2.75, 3.05) is 27.4 Å². The van der Waals surface area contributed by atoms with Gasteiger partial charge in [0, 0.05) is 0 Å². The third-order valence-corrected chi connectivity index (χ3v) is 3.89. The van der Waals surface area contributed by atoms with Crippen molar-refractivity contribution in [3.8, 4) is 17.2 Å². The molecular weight excluding hydrogens is 254 g/mol. The van der Waals surface area contributed by atoms with Crippen LogP contribution in [0.2, 0.25) is 0 Å². The number of benzene rings is 1. The molecule has 0 spiro atoms. The fourth-order valence-corrected chi connectivity index (χ4v) is 2.77. The van der Waals surface area contributed by atoms with Gasteiger partial charge in [-0.05, 0) is 49.4 Å². The third kappa shape index (κ3) is 3.57. The lowest BCUT2D eigenvalue weighted by atomic mass is 10.1. The van der Waals surface area contributed by atoms with Crippen molar-refractivity contribution < 1.29 is 14.2 Å². The largest absolute Gasteiger partial charge is 0.493 e. The summed E-state index contributed by atoms with van der Waals surface area (Å²) in [6.07, 6.45) is 5.96. The van der Waals surface area contributed by atoms with Gasteiger partial charge in [-0.25, -0.2) is 0 Å². The zero-order chi connectivity index (χ0) is 14.4. The highest BCUT2D eigenvalue weighted by Crippen LogP contribution is 2.39. The molecule has 1 aliphatic carbocycles. The van der Waals surface area contributed by atoms with Gasteiger partial charge in [-0.2, -0.15) is 0 Å². The van der Waals surface area contributed by atoms with Crippen LogP contribution in [0.3, 0.4) is 0 Å². The molecule has 20 heavy (non-hydrogen) atoms. The first-order valence-electron chi connectivity index (χ1n) is 7.36. The van der Waals surface area contributed by atoms with Gasteiger partial charge in [0.1, 0.15) is 0 Å². The van der Waals surface area contributed by atoms with E-state index in [0.29, 0.717) is 18.2 Å². The van der Waals surface area contributed by atoms with Gasteiger partial charge in [-0.15, -0.1) is 0 Å². The maximum atomic E-state index is 5.99. The molecule has 0 bridgehead atoms. The zero-order valence-corrected chi connectivity index (χ0v) is 12.5. The molecule has 4 nitrogen and oxygen atoms in total. The van der Waals surface area contributed by atoms with E-state index in [1.54, 1.807) is 14.2 Å². The fourth-order valence-electron chi connectivity index (χ4n) is 2.77. The van der Waals surface area contributed by atoms with E-state index in [9.17, 15) is 0 Å². The molecule has 1 aromatic carbocycles. The number of ether oxygens (including phenoxy) is 3. The molecule has 1 aromatic rings. The summed E-state index contributed by atoms with van der Waals surface area (Å²) in [5.41, 5.74) is 6.72. The summed E-state index contributed by atoms with van der Waals surface area (Å²) in [4.78, 5) is 0. The second-order valence-corrected chi connectivity index (χ2v) is 5.33. The Labute approximate surface area is 121 Å². The minimum absolute atomic E-state index is 0.606. The van der Waals surface area contributed by atoms with E-state index in [1.807, 2.05) is 12.1 Å². The SMILES string of the molecule is COc1cc(CCN)cc(OC)c1OCC1CCCC1. The van der Waals surface area contributed by atoms with Crippen molar-refractivity contribution in [3.05, 3.63) is 17.7 Å². The lowest BCUT2D eigenvalue weighted by molar-refractivity contribution is 0.229. The van der Waals surface area contributed by atoms with Crippen LogP contribution in [0.5, 0.6) is 17.2 Å². The topological polar surface area (TPSA) is 53.7 Å². The molecule has 2 rings (SSSR count). The van der Waals surface area contributed by atoms with Crippen LogP contribution in [0.25, 0.3) is 0 Å². The lowest BCUT2D eigenvalue weighted by Crippen LogP contribution is -2.10. The van der Waals surface area contributed by atoms with Crippen molar-refractivity contribution in [2.24, 2.45) is 11.7 Å². The van der Waals surface area contributed by atoms with Crippen molar-refractivity contribution in [1.82, 2.24) is 0 Å². The molecule has 1 aliphatic rings. The van der Waals surface area contributed by atoms with Gasteiger partial charge in [0.05, 0.1) is 20.8 Å². The van der Waals surface area contributed by atoms with Crippen molar-refractivity contribution in [1.29, 1.82) is 0 Å². The molecule has 0 aromatic heterocycles. The van der Waals surface area contributed by atoms with Crippen molar-refractivity contribution >= 4 is 0 Å². The third-order valence-electron chi connectivity index (χ3n) is 3.89. The van der Waals surface area contributed by atoms with E-state index in [-0.39, 0.29) is 0 Å². The molecule has 0 heterocycles. The smallest absolute Gasteiger partial charge is 0.203 e. The molecule has 112 valence electrons. The highest BCUT2D eigenvalue weighted by atomic mass is 16.5. The zero-order valence-electron chi connectivity index (χ0n) is 12.5. The Morgan fingerprint density at radius 3 is 2.20 bits per heavy atom. The monoisotopic (exact) mass is 279 g/mol. The van der Waals surface area contributed by atoms with E-state index >= 15 is 0 Å². The number of hydrogen-bond donors (Lipinski definition) is 1. The number of hydrogen-bond acceptors (Lipinski definition) is 4. The maximum absolute atomic E-state index is 5.99. The van der Waals surface area contributed by atoms with Crippen LogP contribution in [0.4, 0.5) is 0 Å². The second-order valence-electron chi connectivity index (χ2n) is 5.33. The van der Waals surface area contributed by atoms with E-state index in [0.717, 1.165) is 30.1 Å². The molecule has 0 atom stereocenters. The van der Waals surface area contributed by atoms with Gasteiger partial charge in [0.15, 0.2) is 11.5 Å². The summed E-state index contributed by atoms with van der Waals surface area (Å²) >= 11 is 0. The van der Waals surface area contributed by atoms with E-state index in [1.165, 1.54) is 25.7 Å². The van der Waals surface area contributed by atoms with Crippen LogP contribution in [-0.2, 0) is 6.42 Å². The van der Waals surface area contributed by atoms with Gasteiger partial charge in [-0.3, -0.25) is 0 Å². The molecule has 1 fully saturated rings. The average Bonchev–Trinajstić information content (AvgIpc) is 2.98. The summed E-state index contributed by atoms with van der Waals surface area (Å²) in [6, 6.07) is 3.97. The molecule has 0 aliphatic heterocycles. The highest BCUT2D eigenvalue weighted by molar-refractivity contribution is 5.54. The first-order chi connectivity index (χ1) is 9.78. The molecule has 4 heteroatoms. The Hall–Kier alpha value is -1.42. The van der Waals surface area contributed by atoms with Crippen LogP contribution in [-0.4, -0.2) is 27.4 Å². The molecule has 2 N–H and O–H groups in total. The Balaban J connectivity index is 2.15. The summed E-state index contributed by atoms with van der Waals surface area (Å²) in [6.45, 7) is 1.34. The molecule has 0 unspecified atom stereocenters.